The Labute approximate surface area is 79.2 Å². The van der Waals surface area contributed by atoms with Crippen LogP contribution in [0.5, 0.6) is 0 Å². The molecule has 0 aromatic rings. The van der Waals surface area contributed by atoms with Gasteiger partial charge in [0, 0.05) is 13.1 Å². The zero-order valence-electron chi connectivity index (χ0n) is 8.73. The summed E-state index contributed by atoms with van der Waals surface area (Å²) < 4.78 is 5.02. The number of hydrogen-bond acceptors (Lipinski definition) is 4. The highest BCUT2D eigenvalue weighted by Gasteiger charge is 2.15. The lowest BCUT2D eigenvalue weighted by Gasteiger charge is -2.19. The van der Waals surface area contributed by atoms with Crippen LogP contribution in [0.25, 0.3) is 0 Å². The molecule has 0 radical (unpaired) electrons. The van der Waals surface area contributed by atoms with Gasteiger partial charge in [-0.05, 0) is 27.8 Å². The smallest absolute Gasteiger partial charge is 0.407 e. The first kappa shape index (κ1) is 12.2. The van der Waals surface area contributed by atoms with Crippen molar-refractivity contribution in [1.29, 1.82) is 0 Å². The summed E-state index contributed by atoms with van der Waals surface area (Å²) >= 11 is 0. The number of rotatable bonds is 4. The summed E-state index contributed by atoms with van der Waals surface area (Å²) in [7, 11) is 1.77. The molecule has 0 bridgehead atoms. The molecule has 0 atom stereocenters. The number of alkyl carbamates (subject to hydrolysis) is 1. The number of hydrogen-bond donors (Lipinski definition) is 3. The normalized spacial score (nSPS) is 11.1. The van der Waals surface area contributed by atoms with E-state index in [0.717, 1.165) is 0 Å². The number of carbonyl (C=O) groups is 1. The van der Waals surface area contributed by atoms with Gasteiger partial charge in [0.1, 0.15) is 5.60 Å². The van der Waals surface area contributed by atoms with Crippen LogP contribution in [0, 0.1) is 0 Å². The lowest BCUT2D eigenvalue weighted by Crippen LogP contribution is -2.39. The highest BCUT2D eigenvalue weighted by molar-refractivity contribution is 5.67. The quantitative estimate of drug-likeness (QED) is 0.438. The SMILES string of the molecule is CNNCCNC(=O)OC(C)(C)C. The Morgan fingerprint density at radius 3 is 2.38 bits per heavy atom. The molecule has 1 amide bonds. The van der Waals surface area contributed by atoms with Crippen LogP contribution in [-0.2, 0) is 4.74 Å². The fourth-order valence-electron chi connectivity index (χ4n) is 0.666. The highest BCUT2D eigenvalue weighted by Crippen LogP contribution is 2.05. The van der Waals surface area contributed by atoms with Crippen LogP contribution in [0.1, 0.15) is 20.8 Å². The van der Waals surface area contributed by atoms with Crippen LogP contribution in [0.2, 0.25) is 0 Å². The predicted octanol–water partition coefficient (Wildman–Crippen LogP) is 0.235. The molecule has 0 spiro atoms. The van der Waals surface area contributed by atoms with Gasteiger partial charge in [0.05, 0.1) is 0 Å². The summed E-state index contributed by atoms with van der Waals surface area (Å²) in [5.41, 5.74) is 5.16. The number of nitrogens with one attached hydrogen (secondary N) is 3. The van der Waals surface area contributed by atoms with Crippen molar-refractivity contribution in [3.05, 3.63) is 0 Å². The Bertz CT molecular complexity index is 154. The maximum absolute atomic E-state index is 11.0. The van der Waals surface area contributed by atoms with Crippen molar-refractivity contribution in [1.82, 2.24) is 16.2 Å². The molecule has 0 heterocycles. The molecule has 5 heteroatoms. The van der Waals surface area contributed by atoms with Crippen molar-refractivity contribution in [3.8, 4) is 0 Å². The van der Waals surface area contributed by atoms with Crippen molar-refractivity contribution in [2.45, 2.75) is 26.4 Å². The van der Waals surface area contributed by atoms with Gasteiger partial charge in [-0.3, -0.25) is 10.9 Å². The molecule has 0 rings (SSSR count). The third kappa shape index (κ3) is 9.10. The van der Waals surface area contributed by atoms with Crippen molar-refractivity contribution < 1.29 is 9.53 Å². The minimum atomic E-state index is -0.430. The van der Waals surface area contributed by atoms with E-state index in [-0.39, 0.29) is 6.09 Å². The first-order chi connectivity index (χ1) is 5.95. The van der Waals surface area contributed by atoms with Crippen LogP contribution in [-0.4, -0.2) is 31.8 Å². The van der Waals surface area contributed by atoms with Gasteiger partial charge in [0.25, 0.3) is 0 Å². The largest absolute Gasteiger partial charge is 0.444 e. The summed E-state index contributed by atoms with van der Waals surface area (Å²) in [6.45, 7) is 6.70. The van der Waals surface area contributed by atoms with E-state index in [0.29, 0.717) is 13.1 Å². The molecule has 5 nitrogen and oxygen atoms in total. The summed E-state index contributed by atoms with van der Waals surface area (Å²) in [6, 6.07) is 0. The van der Waals surface area contributed by atoms with Crippen LogP contribution < -0.4 is 16.2 Å². The summed E-state index contributed by atoms with van der Waals surface area (Å²) in [5.74, 6) is 0. The van der Waals surface area contributed by atoms with Crippen molar-refractivity contribution in [3.63, 3.8) is 0 Å². The van der Waals surface area contributed by atoms with Gasteiger partial charge >= 0.3 is 6.09 Å². The maximum atomic E-state index is 11.0. The van der Waals surface area contributed by atoms with Gasteiger partial charge in [-0.25, -0.2) is 4.79 Å². The third-order valence-corrected chi connectivity index (χ3v) is 1.09. The Morgan fingerprint density at radius 1 is 1.31 bits per heavy atom. The maximum Gasteiger partial charge on any atom is 0.407 e. The molecule has 0 aromatic heterocycles. The molecule has 13 heavy (non-hydrogen) atoms. The standard InChI is InChI=1S/C8H19N3O2/c1-8(2,3)13-7(12)10-5-6-11-9-4/h9,11H,5-6H2,1-4H3,(H,10,12). The van der Waals surface area contributed by atoms with E-state index in [1.54, 1.807) is 7.05 Å². The molecule has 0 aliphatic rings. The molecule has 78 valence electrons. The number of carbonyl (C=O) groups excluding carboxylic acids is 1. The topological polar surface area (TPSA) is 62.4 Å². The second kappa shape index (κ2) is 5.77. The van der Waals surface area contributed by atoms with Gasteiger partial charge in [-0.15, -0.1) is 0 Å². The van der Waals surface area contributed by atoms with E-state index in [1.165, 1.54) is 0 Å². The van der Waals surface area contributed by atoms with Crippen molar-refractivity contribution in [2.24, 2.45) is 0 Å². The number of hydrazine groups is 1. The second-order valence-corrected chi connectivity index (χ2v) is 3.61. The molecule has 0 aromatic carbocycles. The van der Waals surface area contributed by atoms with Crippen LogP contribution in [0.4, 0.5) is 4.79 Å². The van der Waals surface area contributed by atoms with Gasteiger partial charge in [-0.1, -0.05) is 0 Å². The zero-order chi connectivity index (χ0) is 10.3. The molecular formula is C8H19N3O2. The second-order valence-electron chi connectivity index (χ2n) is 3.61. The van der Waals surface area contributed by atoms with E-state index < -0.39 is 5.60 Å². The van der Waals surface area contributed by atoms with Crippen molar-refractivity contribution >= 4 is 6.09 Å². The lowest BCUT2D eigenvalue weighted by molar-refractivity contribution is 0.0528. The number of amides is 1. The molecule has 0 aliphatic heterocycles. The van der Waals surface area contributed by atoms with E-state index in [2.05, 4.69) is 16.2 Å². The first-order valence-corrected chi connectivity index (χ1v) is 4.32. The fourth-order valence-corrected chi connectivity index (χ4v) is 0.666. The molecule has 0 saturated carbocycles. The predicted molar refractivity (Wildman–Crippen MR) is 51.3 cm³/mol. The molecule has 0 unspecified atom stereocenters. The molecule has 3 N–H and O–H groups in total. The monoisotopic (exact) mass is 189 g/mol. The van der Waals surface area contributed by atoms with E-state index >= 15 is 0 Å². The van der Waals surface area contributed by atoms with Gasteiger partial charge in [0.2, 0.25) is 0 Å². The molecular weight excluding hydrogens is 170 g/mol. The van der Waals surface area contributed by atoms with Gasteiger partial charge in [-0.2, -0.15) is 0 Å². The minimum Gasteiger partial charge on any atom is -0.444 e. The number of ether oxygens (including phenoxy) is 1. The molecule has 0 aliphatic carbocycles. The lowest BCUT2D eigenvalue weighted by atomic mass is 10.2. The fraction of sp³-hybridized carbons (Fsp3) is 0.875. The van der Waals surface area contributed by atoms with E-state index in [4.69, 9.17) is 4.74 Å². The molecule has 0 saturated heterocycles. The Morgan fingerprint density at radius 2 is 1.92 bits per heavy atom. The first-order valence-electron chi connectivity index (χ1n) is 4.32. The highest BCUT2D eigenvalue weighted by atomic mass is 16.6. The Balaban J connectivity index is 3.41. The summed E-state index contributed by atoms with van der Waals surface area (Å²) in [4.78, 5) is 11.0. The van der Waals surface area contributed by atoms with Crippen molar-refractivity contribution in [2.75, 3.05) is 20.1 Å². The van der Waals surface area contributed by atoms with E-state index in [1.807, 2.05) is 20.8 Å². The van der Waals surface area contributed by atoms with Crippen LogP contribution in [0.3, 0.4) is 0 Å². The summed E-state index contributed by atoms with van der Waals surface area (Å²) in [6.07, 6.45) is -0.384. The third-order valence-electron chi connectivity index (χ3n) is 1.09. The average Bonchev–Trinajstić information content (AvgIpc) is 1.94. The average molecular weight is 189 g/mol. The summed E-state index contributed by atoms with van der Waals surface area (Å²) in [5, 5.41) is 2.61. The molecule has 0 fully saturated rings. The van der Waals surface area contributed by atoms with Gasteiger partial charge < -0.3 is 10.1 Å². The Kier molecular flexibility index (Phi) is 5.41. The zero-order valence-corrected chi connectivity index (χ0v) is 8.73. The minimum absolute atomic E-state index is 0.384. The van der Waals surface area contributed by atoms with Gasteiger partial charge in [0.15, 0.2) is 0 Å². The Hall–Kier alpha value is -0.810. The van der Waals surface area contributed by atoms with E-state index in [9.17, 15) is 4.79 Å². The van der Waals surface area contributed by atoms with Crippen LogP contribution in [0.15, 0.2) is 0 Å². The van der Waals surface area contributed by atoms with Crippen LogP contribution >= 0.6 is 0 Å².